The predicted octanol–water partition coefficient (Wildman–Crippen LogP) is 5.08. The zero-order chi connectivity index (χ0) is 24.0. The fourth-order valence-electron chi connectivity index (χ4n) is 3.11. The number of para-hydroxylation sites is 1. The van der Waals surface area contributed by atoms with Crippen LogP contribution in [0.4, 0.5) is 5.69 Å². The molecule has 3 rings (SSSR count). The third-order valence-corrected chi connectivity index (χ3v) is 6.75. The van der Waals surface area contributed by atoms with Gasteiger partial charge in [-0.05, 0) is 54.4 Å². The molecule has 0 aromatic heterocycles. The maximum atomic E-state index is 12.4. The summed E-state index contributed by atoms with van der Waals surface area (Å²) in [5, 5.41) is 3.42. The molecule has 174 valence electrons. The zero-order valence-corrected chi connectivity index (χ0v) is 20.5. The molecule has 0 aliphatic carbocycles. The van der Waals surface area contributed by atoms with E-state index in [1.807, 2.05) is 31.2 Å². The van der Waals surface area contributed by atoms with E-state index in [-0.39, 0.29) is 17.5 Å². The Morgan fingerprint density at radius 2 is 1.70 bits per heavy atom. The molecule has 3 aromatic rings. The lowest BCUT2D eigenvalue weighted by atomic mass is 10.1. The molecular formula is C24H24Cl2N2O4S. The van der Waals surface area contributed by atoms with Crippen LogP contribution in [0.2, 0.25) is 10.0 Å². The van der Waals surface area contributed by atoms with Crippen molar-refractivity contribution in [1.29, 1.82) is 0 Å². The Bertz CT molecular complexity index is 1230. The molecule has 0 fully saturated rings. The Hall–Kier alpha value is -2.74. The Labute approximate surface area is 204 Å². The van der Waals surface area contributed by atoms with Crippen LogP contribution in [0.1, 0.15) is 21.5 Å². The highest BCUT2D eigenvalue weighted by atomic mass is 35.5. The first-order valence-electron chi connectivity index (χ1n) is 10.1. The number of hydrogen-bond acceptors (Lipinski definition) is 4. The van der Waals surface area contributed by atoms with Gasteiger partial charge in [0.15, 0.2) is 0 Å². The Morgan fingerprint density at radius 3 is 2.33 bits per heavy atom. The molecule has 1 amide bonds. The normalized spacial score (nSPS) is 11.2. The Morgan fingerprint density at radius 1 is 1.00 bits per heavy atom. The molecule has 33 heavy (non-hydrogen) atoms. The third-order valence-electron chi connectivity index (χ3n) is 4.87. The van der Waals surface area contributed by atoms with E-state index in [1.165, 1.54) is 10.4 Å². The Kier molecular flexibility index (Phi) is 8.24. The molecule has 0 radical (unpaired) electrons. The van der Waals surface area contributed by atoms with Gasteiger partial charge in [-0.2, -0.15) is 0 Å². The largest absolute Gasteiger partial charge is 0.491 e. The van der Waals surface area contributed by atoms with Crippen molar-refractivity contribution in [3.05, 3.63) is 93.5 Å². The highest BCUT2D eigenvalue weighted by Gasteiger charge is 2.19. The summed E-state index contributed by atoms with van der Waals surface area (Å²) in [6.45, 7) is 2.75. The first-order valence-corrected chi connectivity index (χ1v) is 12.7. The number of anilines is 1. The van der Waals surface area contributed by atoms with E-state index in [2.05, 4.69) is 5.32 Å². The van der Waals surface area contributed by atoms with Gasteiger partial charge in [-0.15, -0.1) is 0 Å². The summed E-state index contributed by atoms with van der Waals surface area (Å²) in [6, 6.07) is 19.1. The molecule has 1 N–H and O–H groups in total. The number of nitrogens with one attached hydrogen (secondary N) is 1. The molecule has 0 unspecified atom stereocenters. The van der Waals surface area contributed by atoms with E-state index in [0.29, 0.717) is 35.0 Å². The fraction of sp³-hybridized carbons (Fsp3) is 0.208. The number of nitrogens with zero attached hydrogens (tertiary/aromatic N) is 1. The van der Waals surface area contributed by atoms with Crippen molar-refractivity contribution in [3.63, 3.8) is 0 Å². The van der Waals surface area contributed by atoms with Gasteiger partial charge in [0.2, 0.25) is 10.0 Å². The van der Waals surface area contributed by atoms with Gasteiger partial charge in [0.1, 0.15) is 12.4 Å². The minimum Gasteiger partial charge on any atom is -0.491 e. The fourth-order valence-corrected chi connectivity index (χ4v) is 4.29. The van der Waals surface area contributed by atoms with Crippen molar-refractivity contribution >= 4 is 44.8 Å². The van der Waals surface area contributed by atoms with Gasteiger partial charge in [-0.1, -0.05) is 53.5 Å². The van der Waals surface area contributed by atoms with E-state index in [9.17, 15) is 13.2 Å². The van der Waals surface area contributed by atoms with Crippen molar-refractivity contribution in [1.82, 2.24) is 5.32 Å². The summed E-state index contributed by atoms with van der Waals surface area (Å²) in [6.07, 6.45) is 1.12. The van der Waals surface area contributed by atoms with Crippen LogP contribution in [0.25, 0.3) is 0 Å². The maximum Gasteiger partial charge on any atom is 0.251 e. The molecule has 3 aromatic carbocycles. The third kappa shape index (κ3) is 6.87. The molecule has 0 spiro atoms. The molecular weight excluding hydrogens is 483 g/mol. The second-order valence-corrected chi connectivity index (χ2v) is 10.2. The van der Waals surface area contributed by atoms with Gasteiger partial charge in [0.05, 0.1) is 35.1 Å². The second-order valence-electron chi connectivity index (χ2n) is 7.43. The number of rotatable bonds is 9. The van der Waals surface area contributed by atoms with E-state index >= 15 is 0 Å². The molecule has 0 bridgehead atoms. The SMILES string of the molecule is Cc1ccccc1OCCNC(=O)c1ccc(CN(c2ccc(Cl)c(Cl)c2)S(C)(=O)=O)cc1. The van der Waals surface area contributed by atoms with E-state index < -0.39 is 10.0 Å². The topological polar surface area (TPSA) is 75.7 Å². The highest BCUT2D eigenvalue weighted by molar-refractivity contribution is 7.92. The summed E-state index contributed by atoms with van der Waals surface area (Å²) < 4.78 is 31.6. The summed E-state index contributed by atoms with van der Waals surface area (Å²) in [5.41, 5.74) is 2.62. The van der Waals surface area contributed by atoms with Crippen LogP contribution in [-0.4, -0.2) is 33.7 Å². The monoisotopic (exact) mass is 506 g/mol. The summed E-state index contributed by atoms with van der Waals surface area (Å²) in [5.74, 6) is 0.549. The van der Waals surface area contributed by atoms with Crippen LogP contribution in [-0.2, 0) is 16.6 Å². The van der Waals surface area contributed by atoms with Gasteiger partial charge >= 0.3 is 0 Å². The standard InChI is InChI=1S/C24H24Cl2N2O4S/c1-17-5-3-4-6-23(17)32-14-13-27-24(29)19-9-7-18(8-10-19)16-28(33(2,30)31)20-11-12-21(25)22(26)15-20/h3-12,15H,13-14,16H2,1-2H3,(H,27,29). The number of carbonyl (C=O) groups excluding carboxylic acids is 1. The van der Waals surface area contributed by atoms with Crippen LogP contribution in [0, 0.1) is 6.92 Å². The average molecular weight is 507 g/mol. The summed E-state index contributed by atoms with van der Waals surface area (Å²) >= 11 is 12.0. The molecule has 0 heterocycles. The van der Waals surface area contributed by atoms with Gasteiger partial charge < -0.3 is 10.1 Å². The molecule has 6 nitrogen and oxygen atoms in total. The Balaban J connectivity index is 1.60. The van der Waals surface area contributed by atoms with Crippen molar-refractivity contribution in [2.45, 2.75) is 13.5 Å². The predicted molar refractivity (Wildman–Crippen MR) is 133 cm³/mol. The van der Waals surface area contributed by atoms with Crippen molar-refractivity contribution < 1.29 is 17.9 Å². The van der Waals surface area contributed by atoms with Crippen LogP contribution < -0.4 is 14.4 Å². The maximum absolute atomic E-state index is 12.4. The first kappa shape index (κ1) is 24.9. The van der Waals surface area contributed by atoms with E-state index in [1.54, 1.807) is 36.4 Å². The van der Waals surface area contributed by atoms with Gasteiger partial charge in [0.25, 0.3) is 5.91 Å². The second kappa shape index (κ2) is 10.9. The number of sulfonamides is 1. The highest BCUT2D eigenvalue weighted by Crippen LogP contribution is 2.29. The van der Waals surface area contributed by atoms with Crippen LogP contribution in [0.3, 0.4) is 0 Å². The molecule has 0 aliphatic heterocycles. The number of amides is 1. The quantitative estimate of drug-likeness (QED) is 0.410. The van der Waals surface area contributed by atoms with E-state index in [0.717, 1.165) is 17.6 Å². The van der Waals surface area contributed by atoms with Crippen molar-refractivity contribution in [2.24, 2.45) is 0 Å². The number of hydrogen-bond donors (Lipinski definition) is 1. The van der Waals surface area contributed by atoms with Gasteiger partial charge in [-0.3, -0.25) is 9.10 Å². The van der Waals surface area contributed by atoms with Gasteiger partial charge in [0, 0.05) is 5.56 Å². The smallest absolute Gasteiger partial charge is 0.251 e. The lowest BCUT2D eigenvalue weighted by molar-refractivity contribution is 0.0947. The molecule has 0 aliphatic rings. The molecule has 0 atom stereocenters. The summed E-state index contributed by atoms with van der Waals surface area (Å²) in [7, 11) is -3.57. The van der Waals surface area contributed by atoms with Crippen LogP contribution >= 0.6 is 23.2 Å². The lowest BCUT2D eigenvalue weighted by Crippen LogP contribution is -2.29. The number of benzene rings is 3. The number of carbonyl (C=O) groups is 1. The zero-order valence-electron chi connectivity index (χ0n) is 18.2. The first-order chi connectivity index (χ1) is 15.6. The molecule has 0 saturated heterocycles. The van der Waals surface area contributed by atoms with Crippen molar-refractivity contribution in [3.8, 4) is 5.75 Å². The molecule has 0 saturated carbocycles. The minimum absolute atomic E-state index is 0.0863. The number of ether oxygens (including phenoxy) is 1. The van der Waals surface area contributed by atoms with Crippen molar-refractivity contribution in [2.75, 3.05) is 23.7 Å². The summed E-state index contributed by atoms with van der Waals surface area (Å²) in [4.78, 5) is 12.4. The minimum atomic E-state index is -3.57. The lowest BCUT2D eigenvalue weighted by Gasteiger charge is -2.23. The number of aryl methyl sites for hydroxylation is 1. The van der Waals surface area contributed by atoms with Crippen LogP contribution in [0.5, 0.6) is 5.75 Å². The number of halogens is 2. The van der Waals surface area contributed by atoms with E-state index in [4.69, 9.17) is 27.9 Å². The average Bonchev–Trinajstić information content (AvgIpc) is 2.77. The molecule has 9 heteroatoms. The van der Waals surface area contributed by atoms with Gasteiger partial charge in [-0.25, -0.2) is 8.42 Å². The van der Waals surface area contributed by atoms with Crippen LogP contribution in [0.15, 0.2) is 66.7 Å².